The Kier molecular flexibility index (Phi) is 4.88. The van der Waals surface area contributed by atoms with Gasteiger partial charge in [-0.05, 0) is 11.1 Å². The Hall–Kier alpha value is -1.92. The second-order valence-electron chi connectivity index (χ2n) is 4.36. The van der Waals surface area contributed by atoms with Crippen molar-refractivity contribution in [3.8, 4) is 0 Å². The van der Waals surface area contributed by atoms with Crippen molar-refractivity contribution < 1.29 is 9.53 Å². The number of carbonyl (C=O) groups is 1. The molecule has 1 fully saturated rings. The predicted octanol–water partition coefficient (Wildman–Crippen LogP) is 0.521. The molecule has 102 valence electrons. The molecule has 1 heterocycles. The summed E-state index contributed by atoms with van der Waals surface area (Å²) in [6, 6.07) is 7.37. The summed E-state index contributed by atoms with van der Waals surface area (Å²) < 4.78 is 5.32. The number of carbonyl (C=O) groups excluding carboxylic acids is 1. The molecule has 1 aromatic rings. The Labute approximate surface area is 112 Å². The van der Waals surface area contributed by atoms with E-state index in [9.17, 15) is 4.79 Å². The number of hydrogen-bond acceptors (Lipinski definition) is 4. The van der Waals surface area contributed by atoms with Crippen molar-refractivity contribution in [2.24, 2.45) is 10.8 Å². The second kappa shape index (κ2) is 6.86. The van der Waals surface area contributed by atoms with Crippen molar-refractivity contribution in [3.05, 3.63) is 35.4 Å². The van der Waals surface area contributed by atoms with Gasteiger partial charge < -0.3 is 10.5 Å². The summed E-state index contributed by atoms with van der Waals surface area (Å²) in [6.45, 7) is 4.50. The van der Waals surface area contributed by atoms with Gasteiger partial charge in [-0.1, -0.05) is 24.3 Å². The maximum Gasteiger partial charge on any atom is 0.332 e. The average molecular weight is 262 g/mol. The van der Waals surface area contributed by atoms with Crippen molar-refractivity contribution >= 4 is 12.2 Å². The summed E-state index contributed by atoms with van der Waals surface area (Å²) in [4.78, 5) is 12.8. The molecule has 1 saturated heterocycles. The van der Waals surface area contributed by atoms with Crippen LogP contribution in [0.4, 0.5) is 4.79 Å². The zero-order valence-electron chi connectivity index (χ0n) is 10.7. The summed E-state index contributed by atoms with van der Waals surface area (Å²) in [7, 11) is 0. The predicted molar refractivity (Wildman–Crippen MR) is 72.9 cm³/mol. The van der Waals surface area contributed by atoms with Crippen molar-refractivity contribution in [2.45, 2.75) is 6.54 Å². The highest BCUT2D eigenvalue weighted by Crippen LogP contribution is 2.08. The minimum absolute atomic E-state index is 0.666. The quantitative estimate of drug-likeness (QED) is 0.613. The number of rotatable bonds is 4. The summed E-state index contributed by atoms with van der Waals surface area (Å²) >= 11 is 0. The fraction of sp³-hybridized carbons (Fsp3) is 0.385. The smallest absolute Gasteiger partial charge is 0.332 e. The minimum Gasteiger partial charge on any atom is -0.379 e. The van der Waals surface area contributed by atoms with Crippen LogP contribution in [0.25, 0.3) is 0 Å². The molecule has 2 rings (SSSR count). The molecule has 0 unspecified atom stereocenters. The molecule has 1 aliphatic rings. The summed E-state index contributed by atoms with van der Waals surface area (Å²) in [5.74, 6) is 0. The number of morpholine rings is 1. The molecular formula is C13H18N4O2. The molecule has 0 aromatic heterocycles. The van der Waals surface area contributed by atoms with Gasteiger partial charge in [0.15, 0.2) is 0 Å². The highest BCUT2D eigenvalue weighted by atomic mass is 16.5. The van der Waals surface area contributed by atoms with Crippen LogP contribution in [-0.4, -0.2) is 43.4 Å². The van der Waals surface area contributed by atoms with Crippen molar-refractivity contribution in [2.75, 3.05) is 26.3 Å². The van der Waals surface area contributed by atoms with Crippen LogP contribution < -0.4 is 11.2 Å². The number of amides is 2. The van der Waals surface area contributed by atoms with Crippen LogP contribution in [0.5, 0.6) is 0 Å². The Morgan fingerprint density at radius 3 is 2.68 bits per heavy atom. The number of nitrogens with one attached hydrogen (secondary N) is 1. The van der Waals surface area contributed by atoms with Gasteiger partial charge in [0.1, 0.15) is 0 Å². The van der Waals surface area contributed by atoms with E-state index in [1.165, 1.54) is 5.56 Å². The van der Waals surface area contributed by atoms with Gasteiger partial charge in [-0.2, -0.15) is 5.10 Å². The molecule has 0 bridgehead atoms. The van der Waals surface area contributed by atoms with Gasteiger partial charge in [0.2, 0.25) is 0 Å². The topological polar surface area (TPSA) is 80.0 Å². The first-order valence-electron chi connectivity index (χ1n) is 6.21. The van der Waals surface area contributed by atoms with Crippen LogP contribution in [0, 0.1) is 0 Å². The molecule has 0 spiro atoms. The van der Waals surface area contributed by atoms with Crippen molar-refractivity contribution in [1.82, 2.24) is 10.3 Å². The maximum absolute atomic E-state index is 10.4. The lowest BCUT2D eigenvalue weighted by atomic mass is 10.1. The molecule has 1 aromatic carbocycles. The van der Waals surface area contributed by atoms with Crippen LogP contribution in [0.1, 0.15) is 11.1 Å². The monoisotopic (exact) mass is 262 g/mol. The third kappa shape index (κ3) is 4.69. The number of ether oxygens (including phenoxy) is 1. The third-order valence-electron chi connectivity index (χ3n) is 2.88. The van der Waals surface area contributed by atoms with Crippen molar-refractivity contribution in [3.63, 3.8) is 0 Å². The lowest BCUT2D eigenvalue weighted by Crippen LogP contribution is -2.35. The first kappa shape index (κ1) is 13.5. The highest BCUT2D eigenvalue weighted by molar-refractivity contribution is 5.81. The van der Waals surface area contributed by atoms with E-state index in [1.54, 1.807) is 6.21 Å². The number of hydrogen-bond donors (Lipinski definition) is 2. The molecule has 19 heavy (non-hydrogen) atoms. The third-order valence-corrected chi connectivity index (χ3v) is 2.88. The first-order valence-corrected chi connectivity index (χ1v) is 6.21. The van der Waals surface area contributed by atoms with Gasteiger partial charge in [0, 0.05) is 19.6 Å². The molecule has 1 aliphatic heterocycles. The van der Waals surface area contributed by atoms with Gasteiger partial charge in [0.05, 0.1) is 19.4 Å². The highest BCUT2D eigenvalue weighted by Gasteiger charge is 2.10. The SMILES string of the molecule is NC(=O)NN=Cc1ccc(CN2CCOCC2)cc1. The van der Waals surface area contributed by atoms with Gasteiger partial charge >= 0.3 is 6.03 Å². The average Bonchev–Trinajstić information content (AvgIpc) is 2.42. The molecule has 6 nitrogen and oxygen atoms in total. The van der Waals surface area contributed by atoms with E-state index in [0.717, 1.165) is 38.4 Å². The Bertz CT molecular complexity index is 438. The van der Waals surface area contributed by atoms with Gasteiger partial charge in [-0.15, -0.1) is 0 Å². The van der Waals surface area contributed by atoms with E-state index in [1.807, 2.05) is 12.1 Å². The fourth-order valence-corrected chi connectivity index (χ4v) is 1.90. The lowest BCUT2D eigenvalue weighted by Gasteiger charge is -2.26. The summed E-state index contributed by atoms with van der Waals surface area (Å²) in [5, 5.41) is 3.71. The molecule has 3 N–H and O–H groups in total. The van der Waals surface area contributed by atoms with E-state index in [4.69, 9.17) is 10.5 Å². The van der Waals surface area contributed by atoms with Crippen molar-refractivity contribution in [1.29, 1.82) is 0 Å². The van der Waals surface area contributed by atoms with E-state index in [0.29, 0.717) is 0 Å². The van der Waals surface area contributed by atoms with E-state index in [-0.39, 0.29) is 0 Å². The van der Waals surface area contributed by atoms with Gasteiger partial charge in [0.25, 0.3) is 0 Å². The molecule has 0 atom stereocenters. The van der Waals surface area contributed by atoms with Crippen LogP contribution in [-0.2, 0) is 11.3 Å². The normalized spacial score (nSPS) is 16.6. The maximum atomic E-state index is 10.4. The van der Waals surface area contributed by atoms with E-state index >= 15 is 0 Å². The first-order chi connectivity index (χ1) is 9.24. The van der Waals surface area contributed by atoms with Crippen LogP contribution in [0.2, 0.25) is 0 Å². The fourth-order valence-electron chi connectivity index (χ4n) is 1.90. The van der Waals surface area contributed by atoms with Crippen LogP contribution >= 0.6 is 0 Å². The number of hydrazone groups is 1. The largest absolute Gasteiger partial charge is 0.379 e. The summed E-state index contributed by atoms with van der Waals surface area (Å²) in [5.41, 5.74) is 9.23. The standard InChI is InChI=1S/C13H18N4O2/c14-13(18)16-15-9-11-1-3-12(4-2-11)10-17-5-7-19-8-6-17/h1-4,9H,5-8,10H2,(H3,14,16,18). The zero-order chi connectivity index (χ0) is 13.5. The molecule has 0 radical (unpaired) electrons. The number of benzene rings is 1. The van der Waals surface area contributed by atoms with E-state index in [2.05, 4.69) is 27.6 Å². The zero-order valence-corrected chi connectivity index (χ0v) is 10.7. The molecular weight excluding hydrogens is 244 g/mol. The molecule has 0 aliphatic carbocycles. The molecule has 2 amide bonds. The number of urea groups is 1. The number of primary amides is 1. The molecule has 6 heteroatoms. The second-order valence-corrected chi connectivity index (χ2v) is 4.36. The molecule has 0 saturated carbocycles. The van der Waals surface area contributed by atoms with Gasteiger partial charge in [-0.25, -0.2) is 10.2 Å². The lowest BCUT2D eigenvalue weighted by molar-refractivity contribution is 0.0342. The minimum atomic E-state index is -0.666. The van der Waals surface area contributed by atoms with Gasteiger partial charge in [-0.3, -0.25) is 4.90 Å². The Balaban J connectivity index is 1.86. The Morgan fingerprint density at radius 2 is 2.05 bits per heavy atom. The number of nitrogens with zero attached hydrogens (tertiary/aromatic N) is 2. The van der Waals surface area contributed by atoms with Crippen LogP contribution in [0.15, 0.2) is 29.4 Å². The van der Waals surface area contributed by atoms with E-state index < -0.39 is 6.03 Å². The van der Waals surface area contributed by atoms with Crippen LogP contribution in [0.3, 0.4) is 0 Å². The summed E-state index contributed by atoms with van der Waals surface area (Å²) in [6.07, 6.45) is 1.56. The Morgan fingerprint density at radius 1 is 1.37 bits per heavy atom. The number of nitrogens with two attached hydrogens (primary N) is 1.